The number of hydrogen-bond donors (Lipinski definition) is 1. The number of benzene rings is 2. The van der Waals surface area contributed by atoms with Gasteiger partial charge in [-0.05, 0) is 44.0 Å². The third-order valence-electron chi connectivity index (χ3n) is 5.85. The second-order valence-corrected chi connectivity index (χ2v) is 8.40. The van der Waals surface area contributed by atoms with Gasteiger partial charge in [0.25, 0.3) is 0 Å². The van der Waals surface area contributed by atoms with Crippen molar-refractivity contribution in [3.63, 3.8) is 0 Å². The first-order valence-electron chi connectivity index (χ1n) is 11.4. The fraction of sp³-hybridized carbons (Fsp3) is 0.320. The van der Waals surface area contributed by atoms with Crippen LogP contribution in [-0.4, -0.2) is 30.9 Å². The van der Waals surface area contributed by atoms with Gasteiger partial charge < -0.3 is 14.3 Å². The molecule has 1 aliphatic rings. The van der Waals surface area contributed by atoms with Crippen molar-refractivity contribution in [2.24, 2.45) is 0 Å². The Bertz CT molecular complexity index is 1260. The van der Waals surface area contributed by atoms with Crippen LogP contribution in [0.15, 0.2) is 52.9 Å². The lowest BCUT2D eigenvalue weighted by atomic mass is 10.1. The van der Waals surface area contributed by atoms with Gasteiger partial charge in [-0.1, -0.05) is 36.2 Å². The first kappa shape index (κ1) is 21.1. The first-order chi connectivity index (χ1) is 16.2. The van der Waals surface area contributed by atoms with Crippen molar-refractivity contribution in [1.29, 1.82) is 0 Å². The number of aryl methyl sites for hydroxylation is 3. The van der Waals surface area contributed by atoms with E-state index in [1.807, 2.05) is 55.5 Å². The van der Waals surface area contributed by atoms with E-state index in [-0.39, 0.29) is 12.3 Å². The molecule has 0 saturated carbocycles. The third-order valence-corrected chi connectivity index (χ3v) is 5.85. The van der Waals surface area contributed by atoms with Gasteiger partial charge in [0.15, 0.2) is 5.82 Å². The van der Waals surface area contributed by atoms with Crippen molar-refractivity contribution in [3.05, 3.63) is 65.8 Å². The molecule has 8 nitrogen and oxygen atoms in total. The van der Waals surface area contributed by atoms with E-state index < -0.39 is 0 Å². The van der Waals surface area contributed by atoms with Gasteiger partial charge in [-0.15, -0.1) is 20.4 Å². The molecule has 2 aromatic carbocycles. The first-order valence-corrected chi connectivity index (χ1v) is 11.4. The predicted molar refractivity (Wildman–Crippen MR) is 124 cm³/mol. The minimum absolute atomic E-state index is 0.109. The molecule has 0 unspecified atom stereocenters. The van der Waals surface area contributed by atoms with Crippen LogP contribution in [0.3, 0.4) is 0 Å². The highest BCUT2D eigenvalue weighted by Gasteiger charge is 2.17. The molecule has 0 spiro atoms. The van der Waals surface area contributed by atoms with Gasteiger partial charge in [0, 0.05) is 42.6 Å². The molecule has 8 heteroatoms. The lowest BCUT2D eigenvalue weighted by Gasteiger charge is -2.09. The van der Waals surface area contributed by atoms with Gasteiger partial charge in [-0.3, -0.25) is 4.79 Å². The number of amides is 1. The maximum atomic E-state index is 12.5. The summed E-state index contributed by atoms with van der Waals surface area (Å²) in [6.45, 7) is 2.96. The second-order valence-electron chi connectivity index (χ2n) is 8.40. The number of hydrogen-bond acceptors (Lipinski definition) is 6. The van der Waals surface area contributed by atoms with E-state index in [1.165, 1.54) is 12.0 Å². The molecule has 0 aliphatic carbocycles. The molecule has 1 aliphatic heterocycles. The van der Waals surface area contributed by atoms with E-state index in [0.717, 1.165) is 54.3 Å². The molecule has 33 heavy (non-hydrogen) atoms. The number of anilines is 1. The molecule has 168 valence electrons. The molecule has 3 heterocycles. The highest BCUT2D eigenvalue weighted by molar-refractivity contribution is 5.91. The summed E-state index contributed by atoms with van der Waals surface area (Å²) in [5.74, 6) is 2.70. The lowest BCUT2D eigenvalue weighted by Crippen LogP contribution is -2.12. The van der Waals surface area contributed by atoms with Gasteiger partial charge >= 0.3 is 0 Å². The normalized spacial score (nSPS) is 13.4. The lowest BCUT2D eigenvalue weighted by molar-refractivity contribution is -0.116. The minimum Gasteiger partial charge on any atom is -0.421 e. The average molecular weight is 443 g/mol. The van der Waals surface area contributed by atoms with E-state index in [2.05, 4.69) is 30.3 Å². The van der Waals surface area contributed by atoms with Crippen LogP contribution in [-0.2, 0) is 24.2 Å². The Morgan fingerprint density at radius 2 is 1.88 bits per heavy atom. The Balaban J connectivity index is 1.22. The van der Waals surface area contributed by atoms with E-state index in [9.17, 15) is 4.79 Å². The number of aromatic nitrogens is 5. The van der Waals surface area contributed by atoms with Gasteiger partial charge in [-0.25, -0.2) is 0 Å². The third kappa shape index (κ3) is 4.84. The van der Waals surface area contributed by atoms with Crippen LogP contribution in [0.25, 0.3) is 22.8 Å². The monoisotopic (exact) mass is 442 g/mol. The van der Waals surface area contributed by atoms with E-state index >= 15 is 0 Å². The van der Waals surface area contributed by atoms with E-state index in [1.54, 1.807) is 0 Å². The van der Waals surface area contributed by atoms with Crippen LogP contribution in [0.4, 0.5) is 5.69 Å². The molecule has 0 fully saturated rings. The van der Waals surface area contributed by atoms with Gasteiger partial charge in [0.2, 0.25) is 17.7 Å². The smallest absolute Gasteiger partial charge is 0.247 e. The Morgan fingerprint density at radius 3 is 2.76 bits per heavy atom. The molecule has 1 N–H and O–H groups in total. The zero-order valence-electron chi connectivity index (χ0n) is 18.6. The SMILES string of the molecule is Cc1ccc(-c2nnc(CCC(=O)Nc3cccc(-c4nnc5n4CCCCC5)c3)o2)cc1. The highest BCUT2D eigenvalue weighted by atomic mass is 16.4. The van der Waals surface area contributed by atoms with Crippen molar-refractivity contribution < 1.29 is 9.21 Å². The van der Waals surface area contributed by atoms with Crippen LogP contribution in [0.5, 0.6) is 0 Å². The summed E-state index contributed by atoms with van der Waals surface area (Å²) in [4.78, 5) is 12.5. The fourth-order valence-corrected chi connectivity index (χ4v) is 4.05. The van der Waals surface area contributed by atoms with Crippen molar-refractivity contribution >= 4 is 11.6 Å². The van der Waals surface area contributed by atoms with Gasteiger partial charge in [0.05, 0.1) is 0 Å². The van der Waals surface area contributed by atoms with E-state index in [4.69, 9.17) is 4.42 Å². The molecule has 0 bridgehead atoms. The van der Waals surface area contributed by atoms with Crippen LogP contribution < -0.4 is 5.32 Å². The van der Waals surface area contributed by atoms with Crippen molar-refractivity contribution in [3.8, 4) is 22.8 Å². The summed E-state index contributed by atoms with van der Waals surface area (Å²) in [6.07, 6.45) is 5.09. The van der Waals surface area contributed by atoms with Crippen molar-refractivity contribution in [2.45, 2.75) is 52.0 Å². The van der Waals surface area contributed by atoms with Crippen LogP contribution in [0.1, 0.15) is 43.0 Å². The molecule has 1 amide bonds. The molecule has 5 rings (SSSR count). The van der Waals surface area contributed by atoms with E-state index in [0.29, 0.717) is 18.2 Å². The summed E-state index contributed by atoms with van der Waals surface area (Å²) in [7, 11) is 0. The van der Waals surface area contributed by atoms with Gasteiger partial charge in [0.1, 0.15) is 5.82 Å². The standard InChI is InChI=1S/C25H26N6O2/c1-17-9-11-18(12-10-17)25-30-28-23(33-25)14-13-22(32)26-20-7-5-6-19(16-20)24-29-27-21-8-3-2-4-15-31(21)24/h5-7,9-12,16H,2-4,8,13-15H2,1H3,(H,26,32). The summed E-state index contributed by atoms with van der Waals surface area (Å²) >= 11 is 0. The maximum Gasteiger partial charge on any atom is 0.247 e. The van der Waals surface area contributed by atoms with Crippen LogP contribution in [0.2, 0.25) is 0 Å². The van der Waals surface area contributed by atoms with Crippen LogP contribution >= 0.6 is 0 Å². The van der Waals surface area contributed by atoms with Crippen molar-refractivity contribution in [1.82, 2.24) is 25.0 Å². The Kier molecular flexibility index (Phi) is 5.97. The molecule has 2 aromatic heterocycles. The molecule has 4 aromatic rings. The summed E-state index contributed by atoms with van der Waals surface area (Å²) in [5, 5.41) is 19.9. The number of nitrogens with one attached hydrogen (secondary N) is 1. The Morgan fingerprint density at radius 1 is 1.00 bits per heavy atom. The molecule has 0 atom stereocenters. The number of nitrogens with zero attached hydrogens (tertiary/aromatic N) is 5. The number of carbonyl (C=O) groups is 1. The quantitative estimate of drug-likeness (QED) is 0.468. The average Bonchev–Trinajstić information content (AvgIpc) is 3.39. The fourth-order valence-electron chi connectivity index (χ4n) is 4.05. The van der Waals surface area contributed by atoms with Crippen molar-refractivity contribution in [2.75, 3.05) is 5.32 Å². The summed E-state index contributed by atoms with van der Waals surface area (Å²) in [6, 6.07) is 15.6. The van der Waals surface area contributed by atoms with Crippen LogP contribution in [0, 0.1) is 6.92 Å². The zero-order chi connectivity index (χ0) is 22.6. The second kappa shape index (κ2) is 9.36. The predicted octanol–water partition coefficient (Wildman–Crippen LogP) is 4.60. The number of fused-ring (bicyclic) bond motifs is 1. The van der Waals surface area contributed by atoms with Gasteiger partial charge in [-0.2, -0.15) is 0 Å². The Labute approximate surface area is 192 Å². The highest BCUT2D eigenvalue weighted by Crippen LogP contribution is 2.25. The molecule has 0 radical (unpaired) electrons. The topological polar surface area (TPSA) is 98.7 Å². The number of carbonyl (C=O) groups excluding carboxylic acids is 1. The zero-order valence-corrected chi connectivity index (χ0v) is 18.6. The molecule has 0 saturated heterocycles. The molecular weight excluding hydrogens is 416 g/mol. The minimum atomic E-state index is -0.109. The Hall–Kier alpha value is -3.81. The largest absolute Gasteiger partial charge is 0.421 e. The summed E-state index contributed by atoms with van der Waals surface area (Å²) in [5.41, 5.74) is 3.72. The molecular formula is C25H26N6O2. The summed E-state index contributed by atoms with van der Waals surface area (Å²) < 4.78 is 7.92. The maximum absolute atomic E-state index is 12.5. The number of rotatable bonds is 6.